The largest absolute Gasteiger partial charge is 0.507 e. The number of primary amides is 1. The molecule has 0 atom stereocenters. The van der Waals surface area contributed by atoms with E-state index in [1.54, 1.807) is 12.1 Å². The van der Waals surface area contributed by atoms with Gasteiger partial charge in [-0.1, -0.05) is 40.9 Å². The van der Waals surface area contributed by atoms with Crippen LogP contribution in [0.1, 0.15) is 11.1 Å². The van der Waals surface area contributed by atoms with Gasteiger partial charge in [-0.05, 0) is 53.1 Å². The number of rotatable bonds is 6. The maximum absolute atomic E-state index is 13.8. The van der Waals surface area contributed by atoms with Crippen LogP contribution in [0.3, 0.4) is 0 Å². The Hall–Kier alpha value is -2.54. The molecule has 1 amide bonds. The fourth-order valence-corrected chi connectivity index (χ4v) is 3.54. The smallest absolute Gasteiger partial charge is 0.255 e. The van der Waals surface area contributed by atoms with Gasteiger partial charge in [-0.25, -0.2) is 8.78 Å². The van der Waals surface area contributed by atoms with Gasteiger partial charge in [0.15, 0.2) is 6.61 Å². The van der Waals surface area contributed by atoms with E-state index < -0.39 is 22.6 Å². The number of halogens is 5. The summed E-state index contributed by atoms with van der Waals surface area (Å²) in [7, 11) is 0. The van der Waals surface area contributed by atoms with Crippen molar-refractivity contribution in [2.24, 2.45) is 5.73 Å². The average molecular weight is 473 g/mol. The van der Waals surface area contributed by atoms with E-state index in [0.29, 0.717) is 21.2 Å². The molecular formula is C21H14Cl3F2NO3. The zero-order valence-corrected chi connectivity index (χ0v) is 17.5. The molecule has 0 unspecified atom stereocenters. The summed E-state index contributed by atoms with van der Waals surface area (Å²) in [4.78, 5) is 10.8. The van der Waals surface area contributed by atoms with Gasteiger partial charge in [0.05, 0.1) is 0 Å². The highest BCUT2D eigenvalue weighted by atomic mass is 35.5. The number of phenols is 1. The monoisotopic (exact) mass is 471 g/mol. The predicted octanol–water partition coefficient (Wildman–Crippen LogP) is 5.75. The van der Waals surface area contributed by atoms with Gasteiger partial charge in [-0.15, -0.1) is 0 Å². The molecule has 0 aromatic heterocycles. The Morgan fingerprint density at radius 1 is 1.00 bits per heavy atom. The number of aromatic hydroxyl groups is 1. The van der Waals surface area contributed by atoms with E-state index in [4.69, 9.17) is 45.3 Å². The van der Waals surface area contributed by atoms with Crippen molar-refractivity contribution in [3.63, 3.8) is 0 Å². The Morgan fingerprint density at radius 3 is 2.17 bits per heavy atom. The van der Waals surface area contributed by atoms with E-state index in [0.717, 1.165) is 12.1 Å². The van der Waals surface area contributed by atoms with Gasteiger partial charge < -0.3 is 15.6 Å². The van der Waals surface area contributed by atoms with Crippen LogP contribution in [0.15, 0.2) is 42.5 Å². The molecule has 0 spiro atoms. The fraction of sp³-hybridized carbons (Fsp3) is 0.0952. The molecule has 0 bridgehead atoms. The van der Waals surface area contributed by atoms with Gasteiger partial charge in [0, 0.05) is 22.0 Å². The predicted molar refractivity (Wildman–Crippen MR) is 112 cm³/mol. The number of hydrogen-bond acceptors (Lipinski definition) is 3. The quantitative estimate of drug-likeness (QED) is 0.449. The highest BCUT2D eigenvalue weighted by Crippen LogP contribution is 2.36. The second-order valence-electron chi connectivity index (χ2n) is 6.40. The number of benzene rings is 3. The lowest BCUT2D eigenvalue weighted by atomic mass is 9.98. The number of amides is 1. The first kappa shape index (κ1) is 22.2. The zero-order valence-electron chi connectivity index (χ0n) is 15.2. The molecule has 3 aromatic carbocycles. The molecule has 0 fully saturated rings. The van der Waals surface area contributed by atoms with Crippen molar-refractivity contribution in [2.75, 3.05) is 6.61 Å². The minimum absolute atomic E-state index is 0.126. The van der Waals surface area contributed by atoms with Crippen molar-refractivity contribution in [3.05, 3.63) is 80.3 Å². The summed E-state index contributed by atoms with van der Waals surface area (Å²) in [5, 5.41) is 10.1. The van der Waals surface area contributed by atoms with Crippen molar-refractivity contribution < 1.29 is 23.4 Å². The lowest BCUT2D eigenvalue weighted by Crippen LogP contribution is -2.20. The van der Waals surface area contributed by atoms with E-state index in [1.807, 2.05) is 0 Å². The van der Waals surface area contributed by atoms with E-state index in [9.17, 15) is 18.7 Å². The first-order chi connectivity index (χ1) is 14.2. The molecule has 0 aliphatic heterocycles. The molecule has 0 heterocycles. The molecular weight excluding hydrogens is 459 g/mol. The van der Waals surface area contributed by atoms with E-state index >= 15 is 0 Å². The van der Waals surface area contributed by atoms with E-state index in [1.165, 1.54) is 18.2 Å². The maximum atomic E-state index is 13.8. The minimum Gasteiger partial charge on any atom is -0.507 e. The van der Waals surface area contributed by atoms with Gasteiger partial charge in [0.25, 0.3) is 5.91 Å². The third-order valence-corrected chi connectivity index (χ3v) is 5.27. The van der Waals surface area contributed by atoms with Crippen LogP contribution in [-0.4, -0.2) is 17.6 Å². The Morgan fingerprint density at radius 2 is 1.60 bits per heavy atom. The molecule has 3 rings (SSSR count). The SMILES string of the molecule is NC(=O)COc1cc(Cl)c(Cc2ccc(O)c(-c3cc(F)c(Cl)c(F)c3)c2)c(Cl)c1. The topological polar surface area (TPSA) is 72.6 Å². The average Bonchev–Trinajstić information content (AvgIpc) is 2.68. The van der Waals surface area contributed by atoms with Crippen molar-refractivity contribution >= 4 is 40.7 Å². The van der Waals surface area contributed by atoms with E-state index in [2.05, 4.69) is 0 Å². The maximum Gasteiger partial charge on any atom is 0.255 e. The first-order valence-electron chi connectivity index (χ1n) is 8.51. The number of hydrogen-bond donors (Lipinski definition) is 2. The number of nitrogens with two attached hydrogens (primary N) is 1. The fourth-order valence-electron chi connectivity index (χ4n) is 2.83. The van der Waals surface area contributed by atoms with Crippen LogP contribution in [-0.2, 0) is 11.2 Å². The highest BCUT2D eigenvalue weighted by Gasteiger charge is 2.15. The van der Waals surface area contributed by atoms with Crippen LogP contribution in [0.25, 0.3) is 11.1 Å². The van der Waals surface area contributed by atoms with Crippen LogP contribution >= 0.6 is 34.8 Å². The van der Waals surface area contributed by atoms with Gasteiger partial charge in [-0.2, -0.15) is 0 Å². The molecule has 3 aromatic rings. The van der Waals surface area contributed by atoms with Gasteiger partial charge in [-0.3, -0.25) is 4.79 Å². The highest BCUT2D eigenvalue weighted by molar-refractivity contribution is 6.36. The van der Waals surface area contributed by atoms with Crippen LogP contribution in [0.5, 0.6) is 11.5 Å². The molecule has 3 N–H and O–H groups in total. The zero-order chi connectivity index (χ0) is 22.0. The normalized spacial score (nSPS) is 10.8. The molecule has 0 aliphatic rings. The number of carbonyl (C=O) groups is 1. The Kier molecular flexibility index (Phi) is 6.71. The van der Waals surface area contributed by atoms with Crippen LogP contribution in [0, 0.1) is 11.6 Å². The molecule has 0 aliphatic carbocycles. The third-order valence-electron chi connectivity index (χ3n) is 4.23. The summed E-state index contributed by atoms with van der Waals surface area (Å²) in [6.07, 6.45) is 0.263. The Balaban J connectivity index is 1.93. The van der Waals surface area contributed by atoms with Crippen molar-refractivity contribution in [3.8, 4) is 22.6 Å². The summed E-state index contributed by atoms with van der Waals surface area (Å²) in [5.74, 6) is -2.39. The molecule has 4 nitrogen and oxygen atoms in total. The summed E-state index contributed by atoms with van der Waals surface area (Å²) in [5.41, 5.74) is 6.63. The second kappa shape index (κ2) is 9.08. The summed E-state index contributed by atoms with van der Waals surface area (Å²) in [6, 6.07) is 9.67. The van der Waals surface area contributed by atoms with Crippen LogP contribution in [0.4, 0.5) is 8.78 Å². The molecule has 9 heteroatoms. The van der Waals surface area contributed by atoms with Gasteiger partial charge in [0.1, 0.15) is 28.2 Å². The van der Waals surface area contributed by atoms with Crippen molar-refractivity contribution in [2.45, 2.75) is 6.42 Å². The lowest BCUT2D eigenvalue weighted by Gasteiger charge is -2.13. The Labute approximate surface area is 185 Å². The number of phenolic OH excluding ortho intramolecular Hbond substituents is 1. The molecule has 0 radical (unpaired) electrons. The third kappa shape index (κ3) is 4.95. The first-order valence-corrected chi connectivity index (χ1v) is 9.65. The second-order valence-corrected chi connectivity index (χ2v) is 7.59. The van der Waals surface area contributed by atoms with Crippen LogP contribution < -0.4 is 10.5 Å². The van der Waals surface area contributed by atoms with Crippen LogP contribution in [0.2, 0.25) is 15.1 Å². The standard InChI is InChI=1S/C21H14Cl3F2NO3/c22-15-7-12(30-9-20(27)29)8-16(23)14(15)4-10-1-2-19(28)13(3-10)11-5-17(25)21(24)18(26)6-11/h1-3,5-8,28H,4,9H2,(H2,27,29). The van der Waals surface area contributed by atoms with Gasteiger partial charge >= 0.3 is 0 Å². The summed E-state index contributed by atoms with van der Waals surface area (Å²) in [6.45, 7) is -0.318. The molecule has 156 valence electrons. The number of ether oxygens (including phenoxy) is 1. The number of carbonyl (C=O) groups excluding carboxylic acids is 1. The van der Waals surface area contributed by atoms with Crippen molar-refractivity contribution in [1.29, 1.82) is 0 Å². The van der Waals surface area contributed by atoms with E-state index in [-0.39, 0.29) is 35.7 Å². The van der Waals surface area contributed by atoms with Crippen molar-refractivity contribution in [1.82, 2.24) is 0 Å². The van der Waals surface area contributed by atoms with Gasteiger partial charge in [0.2, 0.25) is 0 Å². The lowest BCUT2D eigenvalue weighted by molar-refractivity contribution is -0.119. The molecule has 0 saturated carbocycles. The Bertz CT molecular complexity index is 1090. The molecule has 30 heavy (non-hydrogen) atoms. The minimum atomic E-state index is -0.936. The molecule has 0 saturated heterocycles. The summed E-state index contributed by atoms with van der Waals surface area (Å²) >= 11 is 18.1. The summed E-state index contributed by atoms with van der Waals surface area (Å²) < 4.78 is 32.9.